The first-order chi connectivity index (χ1) is 9.63. The third kappa shape index (κ3) is 3.06. The fraction of sp³-hybridized carbons (Fsp3) is 0.200. The van der Waals surface area contributed by atoms with Gasteiger partial charge in [-0.05, 0) is 29.8 Å². The van der Waals surface area contributed by atoms with Crippen molar-refractivity contribution in [3.8, 4) is 23.0 Å². The summed E-state index contributed by atoms with van der Waals surface area (Å²) in [6, 6.07) is 10.3. The van der Waals surface area contributed by atoms with Crippen molar-refractivity contribution >= 4 is 5.69 Å². The number of phenols is 2. The Bertz CT molecular complexity index is 545. The number of rotatable bonds is 5. The Morgan fingerprint density at radius 1 is 0.900 bits per heavy atom. The molecule has 0 amide bonds. The SMILES string of the molecule is COc1ccc(CNc2ccc(OC)c(O)c2)cc1O. The number of nitrogens with one attached hydrogen (secondary N) is 1. The van der Waals surface area contributed by atoms with E-state index in [1.807, 2.05) is 12.1 Å². The zero-order valence-corrected chi connectivity index (χ0v) is 11.4. The molecule has 0 radical (unpaired) electrons. The molecule has 0 bridgehead atoms. The summed E-state index contributed by atoms with van der Waals surface area (Å²) in [5.41, 5.74) is 1.66. The van der Waals surface area contributed by atoms with Crippen molar-refractivity contribution < 1.29 is 19.7 Å². The van der Waals surface area contributed by atoms with Gasteiger partial charge in [0.25, 0.3) is 0 Å². The predicted molar refractivity (Wildman–Crippen MR) is 76.6 cm³/mol. The minimum Gasteiger partial charge on any atom is -0.504 e. The topological polar surface area (TPSA) is 71.0 Å². The van der Waals surface area contributed by atoms with Crippen molar-refractivity contribution in [2.24, 2.45) is 0 Å². The second-order valence-electron chi connectivity index (χ2n) is 4.25. The molecule has 3 N–H and O–H groups in total. The van der Waals surface area contributed by atoms with E-state index in [9.17, 15) is 10.2 Å². The second kappa shape index (κ2) is 6.06. The lowest BCUT2D eigenvalue weighted by Gasteiger charge is -2.10. The molecule has 0 saturated heterocycles. The molecule has 106 valence electrons. The molecular formula is C15H17NO4. The van der Waals surface area contributed by atoms with Crippen LogP contribution in [0.5, 0.6) is 23.0 Å². The molecule has 2 aromatic rings. The van der Waals surface area contributed by atoms with E-state index in [-0.39, 0.29) is 11.5 Å². The average Bonchev–Trinajstić information content (AvgIpc) is 2.45. The zero-order valence-electron chi connectivity index (χ0n) is 11.4. The van der Waals surface area contributed by atoms with E-state index < -0.39 is 0 Å². The highest BCUT2D eigenvalue weighted by molar-refractivity contribution is 5.54. The maximum Gasteiger partial charge on any atom is 0.160 e. The number of ether oxygens (including phenoxy) is 2. The summed E-state index contributed by atoms with van der Waals surface area (Å²) in [6.07, 6.45) is 0. The van der Waals surface area contributed by atoms with Crippen LogP contribution >= 0.6 is 0 Å². The van der Waals surface area contributed by atoms with E-state index in [0.717, 1.165) is 11.3 Å². The third-order valence-corrected chi connectivity index (χ3v) is 2.92. The lowest BCUT2D eigenvalue weighted by Crippen LogP contribution is -1.99. The Kier molecular flexibility index (Phi) is 4.20. The summed E-state index contributed by atoms with van der Waals surface area (Å²) in [5, 5.41) is 22.5. The molecule has 0 aromatic heterocycles. The Hall–Kier alpha value is -2.56. The van der Waals surface area contributed by atoms with Gasteiger partial charge in [-0.3, -0.25) is 0 Å². The van der Waals surface area contributed by atoms with Crippen molar-refractivity contribution in [2.45, 2.75) is 6.54 Å². The van der Waals surface area contributed by atoms with Gasteiger partial charge >= 0.3 is 0 Å². The summed E-state index contributed by atoms with van der Waals surface area (Å²) in [5.74, 6) is 1.05. The van der Waals surface area contributed by atoms with E-state index in [4.69, 9.17) is 9.47 Å². The Balaban J connectivity index is 2.05. The molecule has 2 aromatic carbocycles. The van der Waals surface area contributed by atoms with Crippen LogP contribution in [-0.4, -0.2) is 24.4 Å². The standard InChI is InChI=1S/C15H17NO4/c1-19-14-5-3-10(7-12(14)17)9-16-11-4-6-15(20-2)13(18)8-11/h3-8,16-18H,9H2,1-2H3. The molecular weight excluding hydrogens is 258 g/mol. The van der Waals surface area contributed by atoms with Crippen LogP contribution in [0.3, 0.4) is 0 Å². The zero-order chi connectivity index (χ0) is 14.5. The van der Waals surface area contributed by atoms with Crippen LogP contribution < -0.4 is 14.8 Å². The molecule has 0 aliphatic heterocycles. The van der Waals surface area contributed by atoms with E-state index in [2.05, 4.69) is 5.32 Å². The number of methoxy groups -OCH3 is 2. The van der Waals surface area contributed by atoms with E-state index in [1.165, 1.54) is 14.2 Å². The van der Waals surface area contributed by atoms with E-state index in [0.29, 0.717) is 18.0 Å². The van der Waals surface area contributed by atoms with Gasteiger partial charge in [-0.1, -0.05) is 6.07 Å². The van der Waals surface area contributed by atoms with Crippen LogP contribution in [0.25, 0.3) is 0 Å². The first-order valence-corrected chi connectivity index (χ1v) is 6.11. The van der Waals surface area contributed by atoms with Gasteiger partial charge in [0.15, 0.2) is 23.0 Å². The number of aromatic hydroxyl groups is 2. The van der Waals surface area contributed by atoms with Gasteiger partial charge < -0.3 is 25.0 Å². The van der Waals surface area contributed by atoms with Crippen molar-refractivity contribution in [3.05, 3.63) is 42.0 Å². The second-order valence-corrected chi connectivity index (χ2v) is 4.25. The van der Waals surface area contributed by atoms with E-state index in [1.54, 1.807) is 24.3 Å². The summed E-state index contributed by atoms with van der Waals surface area (Å²) in [4.78, 5) is 0. The average molecular weight is 275 g/mol. The van der Waals surface area contributed by atoms with Gasteiger partial charge in [-0.15, -0.1) is 0 Å². The first kappa shape index (κ1) is 13.9. The van der Waals surface area contributed by atoms with Gasteiger partial charge in [0.05, 0.1) is 14.2 Å². The summed E-state index contributed by atoms with van der Waals surface area (Å²) in [7, 11) is 3.01. The smallest absolute Gasteiger partial charge is 0.160 e. The number of anilines is 1. The van der Waals surface area contributed by atoms with Gasteiger partial charge in [0, 0.05) is 18.3 Å². The third-order valence-electron chi connectivity index (χ3n) is 2.92. The fourth-order valence-electron chi connectivity index (χ4n) is 1.85. The highest BCUT2D eigenvalue weighted by Crippen LogP contribution is 2.29. The van der Waals surface area contributed by atoms with Crippen molar-refractivity contribution in [1.29, 1.82) is 0 Å². The predicted octanol–water partition coefficient (Wildman–Crippen LogP) is 2.73. The van der Waals surface area contributed by atoms with Gasteiger partial charge in [0.1, 0.15) is 0 Å². The van der Waals surface area contributed by atoms with Crippen molar-refractivity contribution in [2.75, 3.05) is 19.5 Å². The first-order valence-electron chi connectivity index (χ1n) is 6.11. The summed E-state index contributed by atoms with van der Waals surface area (Å²) in [6.45, 7) is 0.517. The number of hydrogen-bond acceptors (Lipinski definition) is 5. The molecule has 20 heavy (non-hydrogen) atoms. The maximum atomic E-state index is 9.69. The minimum absolute atomic E-state index is 0.0788. The van der Waals surface area contributed by atoms with Gasteiger partial charge in [-0.2, -0.15) is 0 Å². The monoisotopic (exact) mass is 275 g/mol. The molecule has 0 unspecified atom stereocenters. The Labute approximate surface area is 117 Å². The molecule has 2 rings (SSSR count). The molecule has 5 nitrogen and oxygen atoms in total. The van der Waals surface area contributed by atoms with Crippen molar-refractivity contribution in [3.63, 3.8) is 0 Å². The van der Waals surface area contributed by atoms with Crippen LogP contribution in [0.15, 0.2) is 36.4 Å². The quantitative estimate of drug-likeness (QED) is 0.782. The Morgan fingerprint density at radius 3 is 2.05 bits per heavy atom. The Morgan fingerprint density at radius 2 is 1.50 bits per heavy atom. The lowest BCUT2D eigenvalue weighted by atomic mass is 10.2. The number of hydrogen-bond donors (Lipinski definition) is 3. The van der Waals surface area contributed by atoms with Crippen LogP contribution in [0.1, 0.15) is 5.56 Å². The number of phenolic OH excluding ortho intramolecular Hbond substituents is 2. The molecule has 0 atom stereocenters. The van der Waals surface area contributed by atoms with Crippen molar-refractivity contribution in [1.82, 2.24) is 0 Å². The molecule has 0 spiro atoms. The lowest BCUT2D eigenvalue weighted by molar-refractivity contribution is 0.373. The van der Waals surface area contributed by atoms with Gasteiger partial charge in [0.2, 0.25) is 0 Å². The highest BCUT2D eigenvalue weighted by atomic mass is 16.5. The van der Waals surface area contributed by atoms with E-state index >= 15 is 0 Å². The fourth-order valence-corrected chi connectivity index (χ4v) is 1.85. The highest BCUT2D eigenvalue weighted by Gasteiger charge is 2.04. The molecule has 0 saturated carbocycles. The van der Waals surface area contributed by atoms with Crippen LogP contribution in [-0.2, 0) is 6.54 Å². The summed E-state index contributed by atoms with van der Waals surface area (Å²) < 4.78 is 9.97. The summed E-state index contributed by atoms with van der Waals surface area (Å²) >= 11 is 0. The normalized spacial score (nSPS) is 10.1. The largest absolute Gasteiger partial charge is 0.504 e. The van der Waals surface area contributed by atoms with Crippen LogP contribution in [0, 0.1) is 0 Å². The minimum atomic E-state index is 0.0788. The molecule has 0 aliphatic carbocycles. The van der Waals surface area contributed by atoms with Gasteiger partial charge in [-0.25, -0.2) is 0 Å². The number of benzene rings is 2. The van der Waals surface area contributed by atoms with Crippen LogP contribution in [0.2, 0.25) is 0 Å². The molecule has 5 heteroatoms. The van der Waals surface area contributed by atoms with Crippen LogP contribution in [0.4, 0.5) is 5.69 Å². The maximum absolute atomic E-state index is 9.69. The molecule has 0 aliphatic rings. The molecule has 0 heterocycles. The molecule has 0 fully saturated rings.